The normalized spacial score (nSPS) is 20.0. The van der Waals surface area contributed by atoms with Crippen molar-refractivity contribution in [3.63, 3.8) is 0 Å². The number of para-hydroxylation sites is 1. The summed E-state index contributed by atoms with van der Waals surface area (Å²) in [6.07, 6.45) is 2.58. The van der Waals surface area contributed by atoms with Gasteiger partial charge in [-0.25, -0.2) is 9.59 Å². The summed E-state index contributed by atoms with van der Waals surface area (Å²) in [4.78, 5) is 23.7. The van der Waals surface area contributed by atoms with Gasteiger partial charge < -0.3 is 20.1 Å². The molecule has 2 rings (SSSR count). The summed E-state index contributed by atoms with van der Waals surface area (Å²) in [6.45, 7) is 0.942. The van der Waals surface area contributed by atoms with Gasteiger partial charge in [0.2, 0.25) is 0 Å². The van der Waals surface area contributed by atoms with Crippen molar-refractivity contribution in [2.24, 2.45) is 0 Å². The first-order chi connectivity index (χ1) is 11.7. The molecule has 1 aliphatic carbocycles. The van der Waals surface area contributed by atoms with E-state index in [2.05, 4.69) is 16.0 Å². The van der Waals surface area contributed by atoms with Gasteiger partial charge in [-0.2, -0.15) is 0 Å². The van der Waals surface area contributed by atoms with E-state index in [1.807, 2.05) is 18.2 Å². The maximum absolute atomic E-state index is 11.9. The molecule has 1 aromatic rings. The SMILES string of the molecule is COCCNC(=O)N[C@@H]1CCC[C@@H](OC(=O)Nc2ccccc2)C1. The van der Waals surface area contributed by atoms with E-state index in [-0.39, 0.29) is 18.2 Å². The molecule has 3 amide bonds. The molecule has 1 saturated carbocycles. The van der Waals surface area contributed by atoms with E-state index in [4.69, 9.17) is 9.47 Å². The van der Waals surface area contributed by atoms with Gasteiger partial charge in [-0.05, 0) is 31.4 Å². The Bertz CT molecular complexity index is 524. The standard InChI is InChI=1S/C17H25N3O4/c1-23-11-10-18-16(21)19-14-8-5-9-15(12-14)24-17(22)20-13-6-3-2-4-7-13/h2-4,6-7,14-15H,5,8-12H2,1H3,(H,20,22)(H2,18,19,21)/t14-,15-/m1/s1. The molecule has 0 spiro atoms. The lowest BCUT2D eigenvalue weighted by Gasteiger charge is -2.29. The zero-order valence-electron chi connectivity index (χ0n) is 13.9. The van der Waals surface area contributed by atoms with Crippen LogP contribution in [-0.4, -0.2) is 44.5 Å². The first-order valence-electron chi connectivity index (χ1n) is 8.23. The van der Waals surface area contributed by atoms with Crippen molar-refractivity contribution in [3.05, 3.63) is 30.3 Å². The molecule has 24 heavy (non-hydrogen) atoms. The first-order valence-corrected chi connectivity index (χ1v) is 8.23. The van der Waals surface area contributed by atoms with E-state index in [0.29, 0.717) is 25.3 Å². The number of carbonyl (C=O) groups is 2. The van der Waals surface area contributed by atoms with Gasteiger partial charge >= 0.3 is 12.1 Å². The Labute approximate surface area is 142 Å². The summed E-state index contributed by atoms with van der Waals surface area (Å²) in [6, 6.07) is 8.97. The van der Waals surface area contributed by atoms with Crippen LogP contribution in [0.25, 0.3) is 0 Å². The minimum atomic E-state index is -0.462. The Hall–Kier alpha value is -2.28. The number of rotatable bonds is 6. The minimum absolute atomic E-state index is 0.0100. The number of hydrogen-bond donors (Lipinski definition) is 3. The van der Waals surface area contributed by atoms with Crippen molar-refractivity contribution >= 4 is 17.8 Å². The van der Waals surface area contributed by atoms with E-state index in [1.165, 1.54) is 0 Å². The van der Waals surface area contributed by atoms with Gasteiger partial charge in [0.25, 0.3) is 0 Å². The molecule has 1 aliphatic rings. The Kier molecular flexibility index (Phi) is 7.35. The average molecular weight is 335 g/mol. The molecule has 132 valence electrons. The molecule has 0 aromatic heterocycles. The number of ether oxygens (including phenoxy) is 2. The summed E-state index contributed by atoms with van der Waals surface area (Å²) in [5, 5.41) is 8.34. The molecular weight excluding hydrogens is 310 g/mol. The van der Waals surface area contributed by atoms with Gasteiger partial charge in [0.1, 0.15) is 6.10 Å². The van der Waals surface area contributed by atoms with Gasteiger partial charge in [0.05, 0.1) is 6.61 Å². The first kappa shape index (κ1) is 18.1. The number of amides is 3. The van der Waals surface area contributed by atoms with E-state index in [9.17, 15) is 9.59 Å². The summed E-state index contributed by atoms with van der Waals surface area (Å²) >= 11 is 0. The molecule has 0 heterocycles. The van der Waals surface area contributed by atoms with Crippen LogP contribution in [0, 0.1) is 0 Å². The summed E-state index contributed by atoms with van der Waals surface area (Å²) in [5.74, 6) is 0. The van der Waals surface area contributed by atoms with Crippen LogP contribution in [0.4, 0.5) is 15.3 Å². The Balaban J connectivity index is 1.72. The van der Waals surface area contributed by atoms with Crippen LogP contribution in [-0.2, 0) is 9.47 Å². The van der Waals surface area contributed by atoms with Gasteiger partial charge in [0, 0.05) is 31.8 Å². The Morgan fingerprint density at radius 1 is 1.21 bits per heavy atom. The van der Waals surface area contributed by atoms with Gasteiger partial charge in [-0.3, -0.25) is 5.32 Å². The molecule has 3 N–H and O–H groups in total. The van der Waals surface area contributed by atoms with E-state index >= 15 is 0 Å². The third kappa shape index (κ3) is 6.45. The van der Waals surface area contributed by atoms with Crippen LogP contribution in [0.5, 0.6) is 0 Å². The lowest BCUT2D eigenvalue weighted by molar-refractivity contribution is 0.0775. The monoisotopic (exact) mass is 335 g/mol. The lowest BCUT2D eigenvalue weighted by atomic mass is 9.93. The van der Waals surface area contributed by atoms with Crippen LogP contribution in [0.2, 0.25) is 0 Å². The van der Waals surface area contributed by atoms with Crippen molar-refractivity contribution in [1.29, 1.82) is 0 Å². The van der Waals surface area contributed by atoms with Crippen molar-refractivity contribution < 1.29 is 19.1 Å². The summed E-state index contributed by atoms with van der Waals surface area (Å²) in [7, 11) is 1.59. The second-order valence-electron chi connectivity index (χ2n) is 5.77. The number of anilines is 1. The number of benzene rings is 1. The summed E-state index contributed by atoms with van der Waals surface area (Å²) < 4.78 is 10.3. The van der Waals surface area contributed by atoms with E-state index in [1.54, 1.807) is 19.2 Å². The number of carbonyl (C=O) groups excluding carboxylic acids is 2. The second-order valence-corrected chi connectivity index (χ2v) is 5.77. The highest BCUT2D eigenvalue weighted by molar-refractivity contribution is 5.84. The number of hydrogen-bond acceptors (Lipinski definition) is 4. The van der Waals surface area contributed by atoms with Crippen molar-refractivity contribution in [2.45, 2.75) is 37.8 Å². The molecule has 0 aliphatic heterocycles. The predicted octanol–water partition coefficient (Wildman–Crippen LogP) is 2.49. The van der Waals surface area contributed by atoms with Crippen LogP contribution >= 0.6 is 0 Å². The zero-order chi connectivity index (χ0) is 17.2. The van der Waals surface area contributed by atoms with E-state index in [0.717, 1.165) is 19.3 Å². The third-order valence-electron chi connectivity index (χ3n) is 3.85. The van der Waals surface area contributed by atoms with Crippen LogP contribution < -0.4 is 16.0 Å². The molecule has 1 aromatic carbocycles. The van der Waals surface area contributed by atoms with Crippen molar-refractivity contribution in [2.75, 3.05) is 25.6 Å². The maximum atomic E-state index is 11.9. The Morgan fingerprint density at radius 3 is 2.75 bits per heavy atom. The fourth-order valence-electron chi connectivity index (χ4n) is 2.71. The highest BCUT2D eigenvalue weighted by atomic mass is 16.6. The zero-order valence-corrected chi connectivity index (χ0v) is 13.9. The van der Waals surface area contributed by atoms with Gasteiger partial charge in [-0.15, -0.1) is 0 Å². The van der Waals surface area contributed by atoms with Crippen LogP contribution in [0.1, 0.15) is 25.7 Å². The van der Waals surface area contributed by atoms with Crippen molar-refractivity contribution in [3.8, 4) is 0 Å². The smallest absolute Gasteiger partial charge is 0.411 e. The second kappa shape index (κ2) is 9.77. The number of nitrogens with one attached hydrogen (secondary N) is 3. The average Bonchev–Trinajstić information content (AvgIpc) is 2.56. The molecule has 1 fully saturated rings. The quantitative estimate of drug-likeness (QED) is 0.697. The fourth-order valence-corrected chi connectivity index (χ4v) is 2.71. The maximum Gasteiger partial charge on any atom is 0.411 e. The van der Waals surface area contributed by atoms with Gasteiger partial charge in [-0.1, -0.05) is 18.2 Å². The molecule has 2 atom stereocenters. The van der Waals surface area contributed by atoms with E-state index < -0.39 is 6.09 Å². The number of urea groups is 1. The topological polar surface area (TPSA) is 88.7 Å². The molecule has 0 radical (unpaired) electrons. The molecule has 0 saturated heterocycles. The van der Waals surface area contributed by atoms with Crippen LogP contribution in [0.15, 0.2) is 30.3 Å². The molecular formula is C17H25N3O4. The Morgan fingerprint density at radius 2 is 2.00 bits per heavy atom. The molecule has 0 unspecified atom stereocenters. The molecule has 7 heteroatoms. The highest BCUT2D eigenvalue weighted by Crippen LogP contribution is 2.21. The largest absolute Gasteiger partial charge is 0.446 e. The van der Waals surface area contributed by atoms with Crippen molar-refractivity contribution in [1.82, 2.24) is 10.6 Å². The lowest BCUT2D eigenvalue weighted by Crippen LogP contribution is -2.46. The molecule has 7 nitrogen and oxygen atoms in total. The predicted molar refractivity (Wildman–Crippen MR) is 91.0 cm³/mol. The third-order valence-corrected chi connectivity index (χ3v) is 3.85. The van der Waals surface area contributed by atoms with Gasteiger partial charge in [0.15, 0.2) is 0 Å². The fraction of sp³-hybridized carbons (Fsp3) is 0.529. The molecule has 0 bridgehead atoms. The summed E-state index contributed by atoms with van der Waals surface area (Å²) in [5.41, 5.74) is 0.700. The minimum Gasteiger partial charge on any atom is -0.446 e. The number of methoxy groups -OCH3 is 1. The van der Waals surface area contributed by atoms with Crippen LogP contribution in [0.3, 0.4) is 0 Å². The highest BCUT2D eigenvalue weighted by Gasteiger charge is 2.26.